The second kappa shape index (κ2) is 6.58. The molecule has 1 fully saturated rings. The van der Waals surface area contributed by atoms with E-state index in [1.807, 2.05) is 11.4 Å². The Balaban J connectivity index is 2.28. The fourth-order valence-electron chi connectivity index (χ4n) is 2.38. The first-order valence-electron chi connectivity index (χ1n) is 6.37. The number of thioether (sulfide) groups is 1. The smallest absolute Gasteiger partial charge is 0.166 e. The highest BCUT2D eigenvalue weighted by molar-refractivity contribution is 8.01. The number of sulfone groups is 1. The van der Waals surface area contributed by atoms with E-state index >= 15 is 0 Å². The molecule has 1 aliphatic heterocycles. The lowest BCUT2D eigenvalue weighted by molar-refractivity contribution is 0.198. The highest BCUT2D eigenvalue weighted by Crippen LogP contribution is 2.31. The average Bonchev–Trinajstić information content (AvgIpc) is 2.94. The van der Waals surface area contributed by atoms with Gasteiger partial charge in [-0.15, -0.1) is 0 Å². The summed E-state index contributed by atoms with van der Waals surface area (Å²) in [7, 11) is -3.06. The van der Waals surface area contributed by atoms with Gasteiger partial charge in [0.1, 0.15) is 5.37 Å². The van der Waals surface area contributed by atoms with Crippen molar-refractivity contribution in [3.63, 3.8) is 0 Å². The summed E-state index contributed by atoms with van der Waals surface area (Å²) in [5.41, 5.74) is 7.04. The second-order valence-electron chi connectivity index (χ2n) is 4.53. The molecule has 2 heterocycles. The van der Waals surface area contributed by atoms with Crippen molar-refractivity contribution in [3.8, 4) is 0 Å². The van der Waals surface area contributed by atoms with Gasteiger partial charge in [-0.3, -0.25) is 4.90 Å². The third-order valence-electron chi connectivity index (χ3n) is 3.49. The number of nitrogens with zero attached hydrogens (tertiary/aromatic N) is 1. The molecule has 0 bridgehead atoms. The van der Waals surface area contributed by atoms with Gasteiger partial charge in [0.2, 0.25) is 0 Å². The summed E-state index contributed by atoms with van der Waals surface area (Å²) in [5, 5.41) is 3.68. The van der Waals surface area contributed by atoms with Crippen LogP contribution in [0, 0.1) is 0 Å². The minimum atomic E-state index is -3.06. The summed E-state index contributed by atoms with van der Waals surface area (Å²) < 4.78 is 24.5. The van der Waals surface area contributed by atoms with E-state index < -0.39 is 15.2 Å². The first-order valence-corrected chi connectivity index (χ1v) is 10.2. The zero-order valence-corrected chi connectivity index (χ0v) is 13.4. The van der Waals surface area contributed by atoms with Crippen molar-refractivity contribution in [2.75, 3.05) is 30.3 Å². The van der Waals surface area contributed by atoms with Crippen LogP contribution in [0.4, 0.5) is 0 Å². The topological polar surface area (TPSA) is 63.4 Å². The van der Waals surface area contributed by atoms with Crippen LogP contribution in [0.3, 0.4) is 0 Å². The molecule has 0 saturated carbocycles. The zero-order chi connectivity index (χ0) is 13.9. The quantitative estimate of drug-likeness (QED) is 0.892. The highest BCUT2D eigenvalue weighted by atomic mass is 32.2. The molecule has 1 aliphatic rings. The number of hydrogen-bond donors (Lipinski definition) is 1. The third kappa shape index (κ3) is 3.33. The Hall–Kier alpha value is -0.0800. The molecule has 0 spiro atoms. The van der Waals surface area contributed by atoms with Gasteiger partial charge in [0.25, 0.3) is 0 Å². The lowest BCUT2D eigenvalue weighted by atomic mass is 10.1. The molecule has 0 amide bonds. The van der Waals surface area contributed by atoms with Gasteiger partial charge in [-0.25, -0.2) is 8.42 Å². The Morgan fingerprint density at radius 2 is 2.37 bits per heavy atom. The summed E-state index contributed by atoms with van der Waals surface area (Å²) >= 11 is 3.34. The minimum Gasteiger partial charge on any atom is -0.329 e. The van der Waals surface area contributed by atoms with E-state index in [9.17, 15) is 8.42 Å². The van der Waals surface area contributed by atoms with Gasteiger partial charge >= 0.3 is 0 Å². The van der Waals surface area contributed by atoms with Gasteiger partial charge in [0.15, 0.2) is 9.84 Å². The molecule has 1 aromatic rings. The third-order valence-corrected chi connectivity index (χ3v) is 7.50. The molecule has 2 N–H and O–H groups in total. The van der Waals surface area contributed by atoms with Crippen LogP contribution in [-0.4, -0.2) is 49.0 Å². The molecule has 2 atom stereocenters. The number of thiophene rings is 1. The average molecular weight is 321 g/mol. The van der Waals surface area contributed by atoms with Crippen molar-refractivity contribution in [2.45, 2.75) is 18.3 Å². The fraction of sp³-hybridized carbons (Fsp3) is 0.667. The monoisotopic (exact) mass is 320 g/mol. The summed E-state index contributed by atoms with van der Waals surface area (Å²) in [6, 6.07) is 2.05. The molecule has 0 aromatic carbocycles. The Morgan fingerprint density at radius 1 is 1.58 bits per heavy atom. The van der Waals surface area contributed by atoms with Crippen LogP contribution in [0.15, 0.2) is 16.8 Å². The normalized spacial score (nSPS) is 23.4. The lowest BCUT2D eigenvalue weighted by Gasteiger charge is -2.39. The predicted octanol–water partition coefficient (Wildman–Crippen LogP) is 1.56. The molecule has 0 radical (unpaired) electrons. The molecule has 2 unspecified atom stereocenters. The van der Waals surface area contributed by atoms with Crippen LogP contribution in [-0.2, 0) is 9.84 Å². The SMILES string of the molecule is CCS(=O)(=O)C1CSCCN1C(CN)c1ccsc1. The highest BCUT2D eigenvalue weighted by Gasteiger charge is 2.36. The Labute approximate surface area is 123 Å². The van der Waals surface area contributed by atoms with Gasteiger partial charge in [-0.05, 0) is 22.4 Å². The van der Waals surface area contributed by atoms with Crippen molar-refractivity contribution in [1.82, 2.24) is 4.90 Å². The van der Waals surface area contributed by atoms with Crippen LogP contribution in [0.2, 0.25) is 0 Å². The van der Waals surface area contributed by atoms with E-state index in [1.165, 1.54) is 0 Å². The summed E-state index contributed by atoms with van der Waals surface area (Å²) in [5.74, 6) is 1.81. The van der Waals surface area contributed by atoms with Crippen LogP contribution >= 0.6 is 23.1 Å². The Morgan fingerprint density at radius 3 is 2.95 bits per heavy atom. The first-order chi connectivity index (χ1) is 9.10. The van der Waals surface area contributed by atoms with Gasteiger partial charge in [-0.2, -0.15) is 23.1 Å². The van der Waals surface area contributed by atoms with Gasteiger partial charge < -0.3 is 5.73 Å². The zero-order valence-electron chi connectivity index (χ0n) is 11.0. The molecule has 108 valence electrons. The van der Waals surface area contributed by atoms with Crippen molar-refractivity contribution in [2.24, 2.45) is 5.73 Å². The largest absolute Gasteiger partial charge is 0.329 e. The maximum atomic E-state index is 12.3. The lowest BCUT2D eigenvalue weighted by Crippen LogP contribution is -2.50. The Bertz CT molecular complexity index is 487. The summed E-state index contributed by atoms with van der Waals surface area (Å²) in [6.45, 7) is 2.96. The molecular formula is C12H20N2O2S3. The van der Waals surface area contributed by atoms with Crippen molar-refractivity contribution < 1.29 is 8.42 Å². The molecule has 7 heteroatoms. The van der Waals surface area contributed by atoms with E-state index in [1.54, 1.807) is 30.0 Å². The summed E-state index contributed by atoms with van der Waals surface area (Å²) in [4.78, 5) is 2.08. The van der Waals surface area contributed by atoms with E-state index in [4.69, 9.17) is 5.73 Å². The number of rotatable bonds is 5. The van der Waals surface area contributed by atoms with Crippen molar-refractivity contribution in [1.29, 1.82) is 0 Å². The fourth-order valence-corrected chi connectivity index (χ4v) is 6.15. The molecular weight excluding hydrogens is 300 g/mol. The van der Waals surface area contributed by atoms with Crippen molar-refractivity contribution >= 4 is 32.9 Å². The van der Waals surface area contributed by atoms with Crippen LogP contribution in [0.5, 0.6) is 0 Å². The van der Waals surface area contributed by atoms with E-state index in [0.29, 0.717) is 12.3 Å². The molecule has 1 saturated heterocycles. The maximum Gasteiger partial charge on any atom is 0.166 e. The number of nitrogens with two attached hydrogens (primary N) is 1. The molecule has 4 nitrogen and oxygen atoms in total. The minimum absolute atomic E-state index is 0.0125. The first kappa shape index (κ1) is 15.3. The van der Waals surface area contributed by atoms with Crippen LogP contribution in [0.25, 0.3) is 0 Å². The summed E-state index contributed by atoms with van der Waals surface area (Å²) in [6.07, 6.45) is 0. The molecule has 2 rings (SSSR count). The predicted molar refractivity (Wildman–Crippen MR) is 83.4 cm³/mol. The van der Waals surface area contributed by atoms with E-state index in [0.717, 1.165) is 17.9 Å². The molecule has 19 heavy (non-hydrogen) atoms. The van der Waals surface area contributed by atoms with E-state index in [2.05, 4.69) is 10.3 Å². The molecule has 1 aromatic heterocycles. The van der Waals surface area contributed by atoms with Crippen LogP contribution < -0.4 is 5.73 Å². The van der Waals surface area contributed by atoms with Crippen LogP contribution in [0.1, 0.15) is 18.5 Å². The maximum absolute atomic E-state index is 12.3. The second-order valence-corrected chi connectivity index (χ2v) is 8.90. The van der Waals surface area contributed by atoms with Gasteiger partial charge in [0.05, 0.1) is 0 Å². The van der Waals surface area contributed by atoms with Crippen molar-refractivity contribution in [3.05, 3.63) is 22.4 Å². The Kier molecular flexibility index (Phi) is 5.30. The van der Waals surface area contributed by atoms with E-state index in [-0.39, 0.29) is 11.8 Å². The van der Waals surface area contributed by atoms with Gasteiger partial charge in [0, 0.05) is 36.4 Å². The molecule has 0 aliphatic carbocycles. The standard InChI is InChI=1S/C12H20N2O2S3/c1-2-19(15,16)12-9-18-6-4-14(12)11(7-13)10-3-5-17-8-10/h3,5,8,11-12H,2,4,6-7,9,13H2,1H3. The van der Waals surface area contributed by atoms with Gasteiger partial charge in [-0.1, -0.05) is 6.92 Å². The number of hydrogen-bond acceptors (Lipinski definition) is 6.